The summed E-state index contributed by atoms with van der Waals surface area (Å²) in [5.74, 6) is 4.17. The zero-order valence-electron chi connectivity index (χ0n) is 22.7. The molecule has 0 radical (unpaired) electrons. The molecule has 0 aliphatic rings. The largest absolute Gasteiger partial charge is 0.493 e. The monoisotopic (exact) mass is 468 g/mol. The lowest BCUT2D eigenvalue weighted by atomic mass is 9.97. The Morgan fingerprint density at radius 3 is 1.32 bits per heavy atom. The number of nitriles is 2. The van der Waals surface area contributed by atoms with Gasteiger partial charge in [0.25, 0.3) is 0 Å². The van der Waals surface area contributed by atoms with Gasteiger partial charge < -0.3 is 9.47 Å². The van der Waals surface area contributed by atoms with Gasteiger partial charge in [0.1, 0.15) is 11.5 Å². The minimum Gasteiger partial charge on any atom is -0.493 e. The number of nitrogens with zero attached hydrogens (tertiary/aromatic N) is 2. The first kappa shape index (κ1) is 29.8. The Bertz CT molecular complexity index is 707. The molecule has 0 saturated carbocycles. The van der Waals surface area contributed by atoms with Crippen molar-refractivity contribution in [3.63, 3.8) is 0 Å². The van der Waals surface area contributed by atoms with E-state index in [4.69, 9.17) is 9.47 Å². The highest BCUT2D eigenvalue weighted by Gasteiger charge is 2.14. The van der Waals surface area contributed by atoms with E-state index in [9.17, 15) is 10.5 Å². The van der Waals surface area contributed by atoms with Crippen LogP contribution in [0, 0.1) is 46.3 Å². The third-order valence-corrected chi connectivity index (χ3v) is 6.48. The lowest BCUT2D eigenvalue weighted by Crippen LogP contribution is -2.09. The van der Waals surface area contributed by atoms with Crippen LogP contribution in [0.2, 0.25) is 0 Å². The summed E-state index contributed by atoms with van der Waals surface area (Å²) in [5.41, 5.74) is 1.69. The predicted octanol–water partition coefficient (Wildman–Crippen LogP) is 8.28. The molecule has 0 N–H and O–H groups in total. The van der Waals surface area contributed by atoms with Gasteiger partial charge in [-0.15, -0.1) is 0 Å². The van der Waals surface area contributed by atoms with Gasteiger partial charge in [0.05, 0.1) is 38.2 Å². The van der Waals surface area contributed by atoms with E-state index in [1.165, 1.54) is 38.5 Å². The SMILES string of the molecule is CC(C)CCC[C@@H](C)CCOc1cc(CC#N)c(OCC[C@H](C)CCCC(C)C)cc1CC#N. The minimum absolute atomic E-state index is 0.272. The first-order chi connectivity index (χ1) is 16.3. The second kappa shape index (κ2) is 17.3. The van der Waals surface area contributed by atoms with Crippen molar-refractivity contribution in [3.05, 3.63) is 23.3 Å². The van der Waals surface area contributed by atoms with Gasteiger partial charge >= 0.3 is 0 Å². The summed E-state index contributed by atoms with van der Waals surface area (Å²) in [7, 11) is 0. The van der Waals surface area contributed by atoms with Gasteiger partial charge in [-0.25, -0.2) is 0 Å². The van der Waals surface area contributed by atoms with Crippen LogP contribution in [0.15, 0.2) is 12.1 Å². The van der Waals surface area contributed by atoms with Gasteiger partial charge in [0, 0.05) is 11.1 Å². The van der Waals surface area contributed by atoms with Gasteiger partial charge in [-0.2, -0.15) is 10.5 Å². The number of ether oxygens (including phenoxy) is 2. The van der Waals surface area contributed by atoms with E-state index in [0.29, 0.717) is 25.0 Å². The van der Waals surface area contributed by atoms with Crippen molar-refractivity contribution >= 4 is 0 Å². The molecule has 0 spiro atoms. The molecule has 0 amide bonds. The van der Waals surface area contributed by atoms with Crippen LogP contribution in [0.1, 0.15) is 104 Å². The molecule has 0 bridgehead atoms. The standard InChI is InChI=1S/C30H48N2O2/c1-23(2)9-7-11-25(5)15-19-33-29-21-28(14-18-32)30(22-27(29)13-17-31)34-20-16-26(6)12-8-10-24(3)4/h21-26H,7-16,19-20H2,1-6H3/t25-,26-/m1/s1. The van der Waals surface area contributed by atoms with Crippen molar-refractivity contribution in [1.82, 2.24) is 0 Å². The molecule has 0 heterocycles. The average Bonchev–Trinajstić information content (AvgIpc) is 2.76. The van der Waals surface area contributed by atoms with Crippen LogP contribution in [0.3, 0.4) is 0 Å². The molecular weight excluding hydrogens is 420 g/mol. The first-order valence-corrected chi connectivity index (χ1v) is 13.4. The lowest BCUT2D eigenvalue weighted by molar-refractivity contribution is 0.266. The van der Waals surface area contributed by atoms with Crippen LogP contribution in [0.5, 0.6) is 11.5 Å². The van der Waals surface area contributed by atoms with E-state index < -0.39 is 0 Å². The maximum absolute atomic E-state index is 9.33. The van der Waals surface area contributed by atoms with Crippen LogP contribution in [-0.4, -0.2) is 13.2 Å². The molecule has 0 saturated heterocycles. The van der Waals surface area contributed by atoms with E-state index in [2.05, 4.69) is 53.7 Å². The summed E-state index contributed by atoms with van der Waals surface area (Å²) in [5, 5.41) is 18.7. The van der Waals surface area contributed by atoms with Crippen molar-refractivity contribution in [2.45, 2.75) is 106 Å². The Balaban J connectivity index is 2.71. The fourth-order valence-electron chi connectivity index (χ4n) is 4.14. The molecule has 0 aliphatic carbocycles. The molecule has 0 aliphatic heterocycles. The van der Waals surface area contributed by atoms with Crippen LogP contribution >= 0.6 is 0 Å². The van der Waals surface area contributed by atoms with Gasteiger partial charge in [0.15, 0.2) is 0 Å². The summed E-state index contributed by atoms with van der Waals surface area (Å²) in [6, 6.07) is 8.33. The molecule has 1 aromatic carbocycles. The predicted molar refractivity (Wildman–Crippen MR) is 141 cm³/mol. The quantitative estimate of drug-likeness (QED) is 0.217. The fourth-order valence-corrected chi connectivity index (χ4v) is 4.14. The normalized spacial score (nSPS) is 12.9. The number of benzene rings is 1. The van der Waals surface area contributed by atoms with Crippen LogP contribution < -0.4 is 9.47 Å². The smallest absolute Gasteiger partial charge is 0.124 e. The third kappa shape index (κ3) is 12.9. The molecule has 1 aromatic rings. The lowest BCUT2D eigenvalue weighted by Gasteiger charge is -2.18. The highest BCUT2D eigenvalue weighted by molar-refractivity contribution is 5.48. The molecule has 0 unspecified atom stereocenters. The molecule has 0 fully saturated rings. The van der Waals surface area contributed by atoms with Gasteiger partial charge in [-0.3, -0.25) is 0 Å². The van der Waals surface area contributed by atoms with Crippen molar-refractivity contribution in [2.75, 3.05) is 13.2 Å². The Labute approximate surface area is 209 Å². The number of hydrogen-bond donors (Lipinski definition) is 0. The van der Waals surface area contributed by atoms with E-state index in [1.807, 2.05) is 12.1 Å². The molecule has 4 heteroatoms. The van der Waals surface area contributed by atoms with Crippen molar-refractivity contribution in [2.24, 2.45) is 23.7 Å². The van der Waals surface area contributed by atoms with Gasteiger partial charge in [0.2, 0.25) is 0 Å². The highest BCUT2D eigenvalue weighted by atomic mass is 16.5. The third-order valence-electron chi connectivity index (χ3n) is 6.48. The fraction of sp³-hybridized carbons (Fsp3) is 0.733. The molecule has 0 aromatic heterocycles. The Morgan fingerprint density at radius 1 is 0.618 bits per heavy atom. The summed E-state index contributed by atoms with van der Waals surface area (Å²) in [6.45, 7) is 14.9. The second-order valence-electron chi connectivity index (χ2n) is 10.9. The zero-order valence-corrected chi connectivity index (χ0v) is 22.7. The van der Waals surface area contributed by atoms with E-state index in [1.54, 1.807) is 0 Å². The van der Waals surface area contributed by atoms with Gasteiger partial charge in [-0.05, 0) is 48.6 Å². The topological polar surface area (TPSA) is 66.0 Å². The maximum Gasteiger partial charge on any atom is 0.124 e. The van der Waals surface area contributed by atoms with Crippen LogP contribution in [0.25, 0.3) is 0 Å². The summed E-state index contributed by atoms with van der Waals surface area (Å²) < 4.78 is 12.2. The summed E-state index contributed by atoms with van der Waals surface area (Å²) in [4.78, 5) is 0. The van der Waals surface area contributed by atoms with E-state index in [-0.39, 0.29) is 12.8 Å². The summed E-state index contributed by atoms with van der Waals surface area (Å²) >= 11 is 0. The van der Waals surface area contributed by atoms with Crippen LogP contribution in [0.4, 0.5) is 0 Å². The number of rotatable bonds is 18. The molecule has 4 nitrogen and oxygen atoms in total. The highest BCUT2D eigenvalue weighted by Crippen LogP contribution is 2.31. The van der Waals surface area contributed by atoms with E-state index in [0.717, 1.165) is 47.3 Å². The second-order valence-corrected chi connectivity index (χ2v) is 10.9. The minimum atomic E-state index is 0.272. The molecular formula is C30H48N2O2. The molecule has 190 valence electrons. The Hall–Kier alpha value is -2.20. The molecule has 2 atom stereocenters. The Kier molecular flexibility index (Phi) is 15.1. The van der Waals surface area contributed by atoms with E-state index >= 15 is 0 Å². The number of hydrogen-bond acceptors (Lipinski definition) is 4. The maximum atomic E-state index is 9.33. The molecule has 1 rings (SSSR count). The van der Waals surface area contributed by atoms with Crippen LogP contribution in [-0.2, 0) is 12.8 Å². The first-order valence-electron chi connectivity index (χ1n) is 13.4. The van der Waals surface area contributed by atoms with Gasteiger partial charge in [-0.1, -0.05) is 80.1 Å². The van der Waals surface area contributed by atoms with Crippen molar-refractivity contribution < 1.29 is 9.47 Å². The average molecular weight is 469 g/mol. The summed E-state index contributed by atoms with van der Waals surface area (Å²) in [6.07, 6.45) is 10.0. The van der Waals surface area contributed by atoms with Crippen molar-refractivity contribution in [3.8, 4) is 23.6 Å². The zero-order chi connectivity index (χ0) is 25.3. The Morgan fingerprint density at radius 2 is 1.00 bits per heavy atom. The van der Waals surface area contributed by atoms with Crippen molar-refractivity contribution in [1.29, 1.82) is 10.5 Å². The molecule has 34 heavy (non-hydrogen) atoms.